The van der Waals surface area contributed by atoms with E-state index in [1.54, 1.807) is 29.0 Å². The summed E-state index contributed by atoms with van der Waals surface area (Å²) in [7, 11) is 1.59. The van der Waals surface area contributed by atoms with Gasteiger partial charge >= 0.3 is 12.2 Å². The van der Waals surface area contributed by atoms with Crippen molar-refractivity contribution in [2.45, 2.75) is 24.9 Å². The summed E-state index contributed by atoms with van der Waals surface area (Å²) in [5.41, 5.74) is -0.0184. The van der Waals surface area contributed by atoms with Gasteiger partial charge in [0, 0.05) is 39.3 Å². The molecule has 2 N–H and O–H groups in total. The molecule has 0 spiro atoms. The highest BCUT2D eigenvalue weighted by Gasteiger charge is 2.42. The van der Waals surface area contributed by atoms with E-state index in [0.717, 1.165) is 11.3 Å². The molecule has 4 aromatic rings. The molecule has 6 rings (SSSR count). The third-order valence-corrected chi connectivity index (χ3v) is 8.46. The van der Waals surface area contributed by atoms with Gasteiger partial charge in [0.1, 0.15) is 17.4 Å². The third kappa shape index (κ3) is 7.29. The third-order valence-electron chi connectivity index (χ3n) is 8.46. The number of nitrogens with zero attached hydrogens (tertiary/aromatic N) is 5. The van der Waals surface area contributed by atoms with Gasteiger partial charge in [0.15, 0.2) is 5.69 Å². The van der Waals surface area contributed by atoms with Crippen LogP contribution in [0.4, 0.5) is 45.6 Å². The van der Waals surface area contributed by atoms with Gasteiger partial charge in [0.2, 0.25) is 5.76 Å². The maximum absolute atomic E-state index is 13.9. The normalized spacial score (nSPS) is 15.7. The van der Waals surface area contributed by atoms with Crippen molar-refractivity contribution in [3.63, 3.8) is 0 Å². The van der Waals surface area contributed by atoms with Crippen molar-refractivity contribution < 1.29 is 36.3 Å². The van der Waals surface area contributed by atoms with Crippen molar-refractivity contribution in [1.82, 2.24) is 14.9 Å². The largest absolute Gasteiger partial charge is 0.497 e. The number of carbonyl (C=O) groups is 2. The molecule has 2 saturated heterocycles. The first-order chi connectivity index (χ1) is 23.1. The second kappa shape index (κ2) is 13.8. The van der Waals surface area contributed by atoms with Crippen molar-refractivity contribution in [2.24, 2.45) is 0 Å². The molecule has 2 aromatic carbocycles. The molecule has 0 atom stereocenters. The van der Waals surface area contributed by atoms with Crippen LogP contribution in [0.25, 0.3) is 0 Å². The van der Waals surface area contributed by atoms with Gasteiger partial charge in [-0.3, -0.25) is 4.79 Å². The quantitative estimate of drug-likeness (QED) is 0.223. The number of pyridine rings is 1. The van der Waals surface area contributed by atoms with Crippen LogP contribution in [0.2, 0.25) is 0 Å². The minimum atomic E-state index is -4.91. The van der Waals surface area contributed by atoms with Crippen molar-refractivity contribution in [3.05, 3.63) is 89.7 Å². The van der Waals surface area contributed by atoms with Crippen LogP contribution < -0.4 is 25.2 Å². The summed E-state index contributed by atoms with van der Waals surface area (Å²) in [5.74, 6) is -1.04. The second-order valence-electron chi connectivity index (χ2n) is 11.4. The van der Waals surface area contributed by atoms with E-state index in [9.17, 15) is 27.2 Å². The number of amides is 3. The number of hydrogen-bond acceptors (Lipinski definition) is 8. The molecule has 3 amide bonds. The lowest BCUT2D eigenvalue weighted by Gasteiger charge is -2.35. The van der Waals surface area contributed by atoms with Crippen molar-refractivity contribution in [1.29, 1.82) is 0 Å². The van der Waals surface area contributed by atoms with Crippen molar-refractivity contribution >= 4 is 35.1 Å². The zero-order valence-corrected chi connectivity index (χ0v) is 26.0. The molecule has 2 aliphatic heterocycles. The summed E-state index contributed by atoms with van der Waals surface area (Å²) in [6, 6.07) is 16.1. The Morgan fingerprint density at radius 2 is 1.60 bits per heavy atom. The number of nitrogens with one attached hydrogen (secondary N) is 2. The number of halogens is 4. The lowest BCUT2D eigenvalue weighted by Crippen LogP contribution is -2.50. The monoisotopic (exact) mass is 667 g/mol. The van der Waals surface area contributed by atoms with Crippen LogP contribution in [0.3, 0.4) is 0 Å². The highest BCUT2D eigenvalue weighted by atomic mass is 19.4. The average molecular weight is 668 g/mol. The molecule has 11 nitrogen and oxygen atoms in total. The smallest absolute Gasteiger partial charge is 0.437 e. The molecule has 2 aromatic heterocycles. The highest BCUT2D eigenvalue weighted by molar-refractivity contribution is 6.03. The first kappa shape index (κ1) is 32.6. The zero-order valence-electron chi connectivity index (χ0n) is 26.0. The van der Waals surface area contributed by atoms with Crippen LogP contribution in [-0.2, 0) is 6.18 Å². The van der Waals surface area contributed by atoms with Crippen LogP contribution in [-0.4, -0.2) is 73.2 Å². The standard InChI is InChI=1S/C33H33F4N7O4/c1-47-24-9-6-21(7-10-24)22-12-14-44(15-13-22)32-41-29(33(35,36)37)28(48-32)30(45)39-23-8-11-27(38-20-23)42-16-18-43(19-17-42)31(46)40-26-5-3-2-4-25(26)34/h2-11,20,22H,12-19H2,1H3,(H,39,45)(H,40,46). The first-order valence-electron chi connectivity index (χ1n) is 15.4. The number of methoxy groups -OCH3 is 1. The maximum atomic E-state index is 13.9. The van der Waals surface area contributed by atoms with Crippen molar-refractivity contribution in [3.8, 4) is 5.75 Å². The highest BCUT2D eigenvalue weighted by Crippen LogP contribution is 2.37. The first-order valence-corrected chi connectivity index (χ1v) is 15.4. The summed E-state index contributed by atoms with van der Waals surface area (Å²) >= 11 is 0. The molecule has 4 heterocycles. The minimum Gasteiger partial charge on any atom is -0.497 e. The lowest BCUT2D eigenvalue weighted by atomic mass is 9.89. The van der Waals surface area contributed by atoms with Gasteiger partial charge in [-0.05, 0) is 60.7 Å². The van der Waals surface area contributed by atoms with Crippen LogP contribution >= 0.6 is 0 Å². The summed E-state index contributed by atoms with van der Waals surface area (Å²) in [6.07, 6.45) is -2.23. The predicted molar refractivity (Wildman–Crippen MR) is 170 cm³/mol. The molecule has 252 valence electrons. The predicted octanol–water partition coefficient (Wildman–Crippen LogP) is 6.23. The van der Waals surface area contributed by atoms with Gasteiger partial charge in [0.05, 0.1) is 24.7 Å². The number of anilines is 4. The van der Waals surface area contributed by atoms with Crippen LogP contribution in [0, 0.1) is 5.82 Å². The molecule has 0 aliphatic carbocycles. The molecule has 0 radical (unpaired) electrons. The number of ether oxygens (including phenoxy) is 1. The number of oxazole rings is 1. The Kier molecular flexibility index (Phi) is 9.37. The van der Waals surface area contributed by atoms with Gasteiger partial charge < -0.3 is 34.5 Å². The van der Waals surface area contributed by atoms with Gasteiger partial charge in [-0.15, -0.1) is 0 Å². The molecule has 0 saturated carbocycles. The van der Waals surface area contributed by atoms with E-state index in [0.29, 0.717) is 57.9 Å². The fraction of sp³-hybridized carbons (Fsp3) is 0.333. The number of rotatable bonds is 7. The van der Waals surface area contributed by atoms with Gasteiger partial charge in [-0.25, -0.2) is 14.2 Å². The summed E-state index contributed by atoms with van der Waals surface area (Å²) < 4.78 is 66.4. The lowest BCUT2D eigenvalue weighted by molar-refractivity contribution is -0.141. The average Bonchev–Trinajstić information content (AvgIpc) is 3.57. The molecular formula is C33H33F4N7O4. The van der Waals surface area contributed by atoms with Gasteiger partial charge in [-0.2, -0.15) is 18.2 Å². The molecular weight excluding hydrogens is 634 g/mol. The van der Waals surface area contributed by atoms with E-state index in [-0.39, 0.29) is 23.3 Å². The number of aromatic nitrogens is 2. The van der Waals surface area contributed by atoms with E-state index in [4.69, 9.17) is 9.15 Å². The number of alkyl halides is 3. The Morgan fingerprint density at radius 1 is 0.896 bits per heavy atom. The summed E-state index contributed by atoms with van der Waals surface area (Å²) in [6.45, 7) is 2.41. The minimum absolute atomic E-state index is 0.0959. The zero-order chi connectivity index (χ0) is 33.8. The molecule has 0 unspecified atom stereocenters. The number of benzene rings is 2. The summed E-state index contributed by atoms with van der Waals surface area (Å²) in [5, 5.41) is 5.00. The van der Waals surface area contributed by atoms with Crippen LogP contribution in [0.15, 0.2) is 71.3 Å². The van der Waals surface area contributed by atoms with E-state index in [1.807, 2.05) is 29.2 Å². The van der Waals surface area contributed by atoms with Gasteiger partial charge in [0.25, 0.3) is 11.9 Å². The molecule has 15 heteroatoms. The SMILES string of the molecule is COc1ccc(C2CCN(c3nc(C(F)(F)F)c(C(=O)Nc4ccc(N5CCN(C(=O)Nc6ccccc6F)CC5)nc4)o3)CC2)cc1. The van der Waals surface area contributed by atoms with Crippen molar-refractivity contribution in [2.75, 3.05) is 66.8 Å². The molecule has 0 bridgehead atoms. The van der Waals surface area contributed by atoms with Crippen LogP contribution in [0.5, 0.6) is 5.75 Å². The molecule has 2 fully saturated rings. The number of carbonyl (C=O) groups excluding carboxylic acids is 2. The number of piperazine rings is 1. The topological polar surface area (TPSA) is 116 Å². The van der Waals surface area contributed by atoms with E-state index in [1.165, 1.54) is 30.5 Å². The van der Waals surface area contributed by atoms with E-state index >= 15 is 0 Å². The number of piperidine rings is 1. The van der Waals surface area contributed by atoms with Crippen LogP contribution in [0.1, 0.15) is 40.6 Å². The number of para-hydroxylation sites is 1. The Hall–Kier alpha value is -5.34. The Bertz CT molecular complexity index is 1730. The number of urea groups is 1. The number of hydrogen-bond donors (Lipinski definition) is 2. The maximum Gasteiger partial charge on any atom is 0.437 e. The van der Waals surface area contributed by atoms with Gasteiger partial charge in [-0.1, -0.05) is 24.3 Å². The van der Waals surface area contributed by atoms with E-state index < -0.39 is 35.4 Å². The van der Waals surface area contributed by atoms with E-state index in [2.05, 4.69) is 20.6 Å². The fourth-order valence-corrected chi connectivity index (χ4v) is 5.80. The second-order valence-corrected chi connectivity index (χ2v) is 11.4. The molecule has 48 heavy (non-hydrogen) atoms. The Balaban J connectivity index is 1.05. The fourth-order valence-electron chi connectivity index (χ4n) is 5.80. The summed E-state index contributed by atoms with van der Waals surface area (Å²) in [4.78, 5) is 38.7. The Labute approximate surface area is 273 Å². The Morgan fingerprint density at radius 3 is 2.23 bits per heavy atom. The molecule has 2 aliphatic rings.